The Morgan fingerprint density at radius 3 is 1.70 bits per heavy atom. The minimum Gasteiger partial charge on any atom is -0.462 e. The summed E-state index contributed by atoms with van der Waals surface area (Å²) in [5.74, 6) is -1.36. The van der Waals surface area contributed by atoms with Gasteiger partial charge in [-0.1, -0.05) is 82.6 Å². The number of carbonyl (C=O) groups excluding carboxylic acids is 3. The van der Waals surface area contributed by atoms with Crippen molar-refractivity contribution in [3.63, 3.8) is 0 Å². The highest BCUT2D eigenvalue weighted by atomic mass is 16.6. The van der Waals surface area contributed by atoms with Crippen molar-refractivity contribution in [3.8, 4) is 0 Å². The number of carbonyl (C=O) groups is 3. The second kappa shape index (κ2) is 24.0. The molecular formula is C31H52O6. The summed E-state index contributed by atoms with van der Waals surface area (Å²) in [6.45, 7) is 8.67. The van der Waals surface area contributed by atoms with Gasteiger partial charge in [-0.15, -0.1) is 0 Å². The van der Waals surface area contributed by atoms with Crippen LogP contribution in [0, 0.1) is 0 Å². The molecule has 0 radical (unpaired) electrons. The van der Waals surface area contributed by atoms with Gasteiger partial charge in [-0.25, -0.2) is 9.59 Å². The summed E-state index contributed by atoms with van der Waals surface area (Å²) < 4.78 is 15.9. The number of allylic oxidation sites excluding steroid dienone is 4. The van der Waals surface area contributed by atoms with Crippen LogP contribution in [0.15, 0.2) is 35.5 Å². The quantitative estimate of drug-likeness (QED) is 0.0474. The molecule has 0 N–H and O–H groups in total. The average molecular weight is 521 g/mol. The highest BCUT2D eigenvalue weighted by Gasteiger charge is 2.20. The molecule has 0 aliphatic carbocycles. The predicted molar refractivity (Wildman–Crippen MR) is 150 cm³/mol. The first-order chi connectivity index (χ1) is 17.8. The largest absolute Gasteiger partial charge is 0.462 e. The molecule has 37 heavy (non-hydrogen) atoms. The van der Waals surface area contributed by atoms with Crippen molar-refractivity contribution < 1.29 is 28.6 Å². The van der Waals surface area contributed by atoms with Crippen molar-refractivity contribution in [3.05, 3.63) is 35.5 Å². The lowest BCUT2D eigenvalue weighted by molar-refractivity contribution is -0.163. The molecule has 0 aromatic carbocycles. The van der Waals surface area contributed by atoms with Crippen molar-refractivity contribution in [1.29, 1.82) is 0 Å². The van der Waals surface area contributed by atoms with Crippen molar-refractivity contribution in [1.82, 2.24) is 0 Å². The molecular weight excluding hydrogens is 468 g/mol. The number of rotatable bonds is 22. The van der Waals surface area contributed by atoms with E-state index in [0.29, 0.717) is 17.6 Å². The molecule has 212 valence electrons. The Hall–Kier alpha value is -2.37. The van der Waals surface area contributed by atoms with Gasteiger partial charge in [-0.2, -0.15) is 0 Å². The van der Waals surface area contributed by atoms with Gasteiger partial charge in [0.1, 0.15) is 13.2 Å². The Labute approximate surface area is 225 Å². The maximum Gasteiger partial charge on any atom is 0.333 e. The molecule has 0 spiro atoms. The summed E-state index contributed by atoms with van der Waals surface area (Å²) in [7, 11) is 0. The van der Waals surface area contributed by atoms with Crippen LogP contribution in [0.4, 0.5) is 0 Å². The van der Waals surface area contributed by atoms with Gasteiger partial charge in [0.2, 0.25) is 0 Å². The van der Waals surface area contributed by atoms with Gasteiger partial charge in [0.05, 0.1) is 0 Å². The molecule has 6 nitrogen and oxygen atoms in total. The fraction of sp³-hybridized carbons (Fsp3) is 0.710. The standard InChI is InChI=1S/C31H52O6/c1-6-9-10-11-12-13-14-15-16-17-18-19-20-21-22-23-29(32)35-24-28(37-31(34)27(5)8-3)25-36-30(33)26(4)7-2/h7-8,15-16,28H,6,9-14,17-25H2,1-5H3/b16-15-,26-7+,27-8+. The van der Waals surface area contributed by atoms with Gasteiger partial charge in [0.15, 0.2) is 6.10 Å². The normalized spacial score (nSPS) is 13.0. The van der Waals surface area contributed by atoms with E-state index in [9.17, 15) is 14.4 Å². The van der Waals surface area contributed by atoms with Gasteiger partial charge < -0.3 is 14.2 Å². The lowest BCUT2D eigenvalue weighted by Crippen LogP contribution is -2.31. The monoisotopic (exact) mass is 520 g/mol. The topological polar surface area (TPSA) is 78.9 Å². The fourth-order valence-electron chi connectivity index (χ4n) is 3.48. The number of hydrogen-bond donors (Lipinski definition) is 0. The summed E-state index contributed by atoms with van der Waals surface area (Å²) in [6, 6.07) is 0. The van der Waals surface area contributed by atoms with Crippen molar-refractivity contribution in [2.75, 3.05) is 13.2 Å². The maximum absolute atomic E-state index is 12.1. The Balaban J connectivity index is 4.05. The van der Waals surface area contributed by atoms with Crippen molar-refractivity contribution >= 4 is 17.9 Å². The van der Waals surface area contributed by atoms with E-state index in [0.717, 1.165) is 32.1 Å². The molecule has 0 saturated carbocycles. The van der Waals surface area contributed by atoms with Crippen molar-refractivity contribution in [2.45, 2.75) is 131 Å². The molecule has 0 aromatic heterocycles. The lowest BCUT2D eigenvalue weighted by atomic mass is 10.1. The van der Waals surface area contributed by atoms with Gasteiger partial charge in [0.25, 0.3) is 0 Å². The van der Waals surface area contributed by atoms with Crippen LogP contribution in [-0.2, 0) is 28.6 Å². The van der Waals surface area contributed by atoms with Gasteiger partial charge in [-0.3, -0.25) is 4.79 Å². The molecule has 0 saturated heterocycles. The number of ether oxygens (including phenoxy) is 3. The smallest absolute Gasteiger partial charge is 0.333 e. The first-order valence-electron chi connectivity index (χ1n) is 14.3. The molecule has 0 aromatic rings. The summed E-state index contributed by atoms with van der Waals surface area (Å²) >= 11 is 0. The van der Waals surface area contributed by atoms with E-state index in [1.54, 1.807) is 39.8 Å². The van der Waals surface area contributed by atoms with Crippen LogP contribution in [0.1, 0.15) is 125 Å². The maximum atomic E-state index is 12.1. The Bertz CT molecular complexity index is 719. The molecule has 0 amide bonds. The van der Waals surface area contributed by atoms with Crippen LogP contribution in [0.2, 0.25) is 0 Å². The van der Waals surface area contributed by atoms with Gasteiger partial charge >= 0.3 is 17.9 Å². The van der Waals surface area contributed by atoms with E-state index < -0.39 is 18.0 Å². The summed E-state index contributed by atoms with van der Waals surface area (Å²) in [5, 5.41) is 0. The summed E-state index contributed by atoms with van der Waals surface area (Å²) in [5.41, 5.74) is 0.886. The van der Waals surface area contributed by atoms with E-state index in [-0.39, 0.29) is 19.2 Å². The molecule has 0 rings (SSSR count). The molecule has 0 heterocycles. The molecule has 1 unspecified atom stereocenters. The van der Waals surface area contributed by atoms with E-state index in [4.69, 9.17) is 14.2 Å². The third-order valence-electron chi connectivity index (χ3n) is 6.26. The summed E-state index contributed by atoms with van der Waals surface area (Å²) in [4.78, 5) is 36.2. The predicted octanol–water partition coefficient (Wildman–Crippen LogP) is 7.95. The zero-order valence-corrected chi connectivity index (χ0v) is 24.1. The highest BCUT2D eigenvalue weighted by Crippen LogP contribution is 2.11. The minimum absolute atomic E-state index is 0.144. The zero-order valence-electron chi connectivity index (χ0n) is 24.1. The zero-order chi connectivity index (χ0) is 27.7. The molecule has 0 bridgehead atoms. The second-order valence-corrected chi connectivity index (χ2v) is 9.59. The summed E-state index contributed by atoms with van der Waals surface area (Å²) in [6.07, 6.45) is 22.9. The van der Waals surface area contributed by atoms with E-state index in [2.05, 4.69) is 19.1 Å². The molecule has 0 aliphatic heterocycles. The molecule has 0 fully saturated rings. The highest BCUT2D eigenvalue weighted by molar-refractivity contribution is 5.88. The third-order valence-corrected chi connectivity index (χ3v) is 6.26. The number of unbranched alkanes of at least 4 members (excludes halogenated alkanes) is 11. The fourth-order valence-corrected chi connectivity index (χ4v) is 3.48. The average Bonchev–Trinajstić information content (AvgIpc) is 2.90. The molecule has 6 heteroatoms. The Kier molecular flexibility index (Phi) is 22.5. The van der Waals surface area contributed by atoms with Crippen LogP contribution in [0.25, 0.3) is 0 Å². The second-order valence-electron chi connectivity index (χ2n) is 9.59. The van der Waals surface area contributed by atoms with Crippen LogP contribution in [0.5, 0.6) is 0 Å². The van der Waals surface area contributed by atoms with E-state index in [1.165, 1.54) is 51.4 Å². The first kappa shape index (κ1) is 34.6. The first-order valence-corrected chi connectivity index (χ1v) is 14.3. The van der Waals surface area contributed by atoms with Crippen molar-refractivity contribution in [2.24, 2.45) is 0 Å². The SMILES string of the molecule is C/C=C(\C)C(=O)OCC(COC(=O)CCCCCCC/C=C\CCCCCCCC)OC(=O)/C(C)=C/C. The van der Waals surface area contributed by atoms with E-state index >= 15 is 0 Å². The van der Waals surface area contributed by atoms with Crippen LogP contribution < -0.4 is 0 Å². The minimum atomic E-state index is -0.853. The Morgan fingerprint density at radius 1 is 0.649 bits per heavy atom. The number of esters is 3. The number of hydrogen-bond acceptors (Lipinski definition) is 6. The Morgan fingerprint density at radius 2 is 1.14 bits per heavy atom. The van der Waals surface area contributed by atoms with Crippen LogP contribution >= 0.6 is 0 Å². The van der Waals surface area contributed by atoms with Crippen LogP contribution in [-0.4, -0.2) is 37.2 Å². The van der Waals surface area contributed by atoms with E-state index in [1.807, 2.05) is 0 Å². The van der Waals surface area contributed by atoms with Gasteiger partial charge in [-0.05, 0) is 59.8 Å². The molecule has 1 atom stereocenters. The third kappa shape index (κ3) is 20.4. The van der Waals surface area contributed by atoms with Crippen LogP contribution in [0.3, 0.4) is 0 Å². The van der Waals surface area contributed by atoms with Gasteiger partial charge in [0, 0.05) is 17.6 Å². The lowest BCUT2D eigenvalue weighted by Gasteiger charge is -2.18. The molecule has 0 aliphatic rings.